The highest BCUT2D eigenvalue weighted by atomic mass is 19.4. The van der Waals surface area contributed by atoms with Crippen molar-refractivity contribution in [2.75, 3.05) is 12.4 Å². The molecule has 156 valence electrons. The molecule has 1 atom stereocenters. The van der Waals surface area contributed by atoms with Crippen LogP contribution in [0.5, 0.6) is 5.75 Å². The van der Waals surface area contributed by atoms with Crippen LogP contribution in [0.2, 0.25) is 0 Å². The molecule has 6 nitrogen and oxygen atoms in total. The molecule has 0 aliphatic rings. The van der Waals surface area contributed by atoms with Crippen molar-refractivity contribution >= 4 is 22.5 Å². The van der Waals surface area contributed by atoms with Gasteiger partial charge in [0.1, 0.15) is 5.75 Å². The van der Waals surface area contributed by atoms with Crippen LogP contribution in [0.4, 0.5) is 18.9 Å². The van der Waals surface area contributed by atoms with Crippen LogP contribution in [0.3, 0.4) is 0 Å². The first-order chi connectivity index (χ1) is 14.0. The fraction of sp³-hybridized carbons (Fsp3) is 0.238. The second kappa shape index (κ2) is 7.72. The largest absolute Gasteiger partial charge is 0.497 e. The quantitative estimate of drug-likeness (QED) is 0.659. The van der Waals surface area contributed by atoms with E-state index in [0.717, 1.165) is 17.0 Å². The molecule has 0 radical (unpaired) electrons. The summed E-state index contributed by atoms with van der Waals surface area (Å²) in [6.07, 6.45) is -3.06. The molecule has 2 N–H and O–H groups in total. The lowest BCUT2D eigenvalue weighted by Gasteiger charge is -2.24. The van der Waals surface area contributed by atoms with Crippen LogP contribution < -0.4 is 10.1 Å². The zero-order valence-corrected chi connectivity index (χ0v) is 16.1. The number of aliphatic hydroxyl groups is 1. The number of ether oxygens (including phenoxy) is 1. The molecule has 0 saturated heterocycles. The molecule has 2 aromatic carbocycles. The third-order valence-electron chi connectivity index (χ3n) is 4.65. The second-order valence-corrected chi connectivity index (χ2v) is 6.97. The molecule has 0 aliphatic carbocycles. The maximum atomic E-state index is 13.1. The van der Waals surface area contributed by atoms with Gasteiger partial charge in [-0.3, -0.25) is 4.79 Å². The summed E-state index contributed by atoms with van der Waals surface area (Å²) in [6, 6.07) is 11.4. The van der Waals surface area contributed by atoms with Gasteiger partial charge in [-0.15, -0.1) is 0 Å². The Kier molecular flexibility index (Phi) is 5.46. The molecule has 0 saturated carbocycles. The summed E-state index contributed by atoms with van der Waals surface area (Å²) in [5.74, 6) is -0.221. The van der Waals surface area contributed by atoms with Crippen molar-refractivity contribution in [3.63, 3.8) is 0 Å². The molecule has 0 aliphatic heterocycles. The summed E-state index contributed by atoms with van der Waals surface area (Å²) < 4.78 is 46.2. The van der Waals surface area contributed by atoms with E-state index in [9.17, 15) is 23.1 Å². The van der Waals surface area contributed by atoms with Gasteiger partial charge in [0.05, 0.1) is 30.9 Å². The molecule has 3 rings (SSSR count). The molecular formula is C21H18F3N3O3. The Morgan fingerprint density at radius 1 is 1.23 bits per heavy atom. The summed E-state index contributed by atoms with van der Waals surface area (Å²) in [5.41, 5.74) is -3.05. The fourth-order valence-electron chi connectivity index (χ4n) is 3.07. The van der Waals surface area contributed by atoms with Crippen LogP contribution in [-0.2, 0) is 17.5 Å². The molecular weight excluding hydrogens is 399 g/mol. The highest BCUT2D eigenvalue weighted by Gasteiger charge is 2.35. The van der Waals surface area contributed by atoms with Gasteiger partial charge in [0.2, 0.25) is 0 Å². The summed E-state index contributed by atoms with van der Waals surface area (Å²) in [5, 5.41) is 22.7. The first kappa shape index (κ1) is 21.2. The van der Waals surface area contributed by atoms with E-state index in [4.69, 9.17) is 10.00 Å². The number of hydrogen-bond donors (Lipinski definition) is 2. The number of anilines is 1. The van der Waals surface area contributed by atoms with E-state index in [1.54, 1.807) is 42.1 Å². The number of carbonyl (C=O) groups excluding carboxylic acids is 1. The van der Waals surface area contributed by atoms with E-state index < -0.39 is 28.8 Å². The summed E-state index contributed by atoms with van der Waals surface area (Å²) in [7, 11) is 1.54. The van der Waals surface area contributed by atoms with Crippen LogP contribution in [0.25, 0.3) is 10.9 Å². The van der Waals surface area contributed by atoms with Gasteiger partial charge in [-0.25, -0.2) is 0 Å². The summed E-state index contributed by atoms with van der Waals surface area (Å²) in [4.78, 5) is 12.6. The van der Waals surface area contributed by atoms with E-state index in [0.29, 0.717) is 11.8 Å². The van der Waals surface area contributed by atoms with Crippen molar-refractivity contribution in [1.29, 1.82) is 5.26 Å². The molecule has 1 heterocycles. The molecule has 30 heavy (non-hydrogen) atoms. The third kappa shape index (κ3) is 4.23. The summed E-state index contributed by atoms with van der Waals surface area (Å²) >= 11 is 0. The van der Waals surface area contributed by atoms with Gasteiger partial charge in [0.15, 0.2) is 5.60 Å². The Labute approximate surface area is 170 Å². The molecule has 3 aromatic rings. The Bertz CT molecular complexity index is 1140. The summed E-state index contributed by atoms with van der Waals surface area (Å²) in [6.45, 7) is 1.14. The molecule has 1 amide bonds. The lowest BCUT2D eigenvalue weighted by atomic mass is 10.0. The Morgan fingerprint density at radius 3 is 2.60 bits per heavy atom. The Hall–Kier alpha value is -3.51. The number of amides is 1. The van der Waals surface area contributed by atoms with Crippen molar-refractivity contribution in [2.45, 2.75) is 25.2 Å². The number of nitrogens with zero attached hydrogens (tertiary/aromatic N) is 2. The minimum Gasteiger partial charge on any atom is -0.497 e. The Balaban J connectivity index is 1.82. The smallest absolute Gasteiger partial charge is 0.417 e. The number of alkyl halides is 3. The zero-order chi connectivity index (χ0) is 22.1. The number of nitrogens with one attached hydrogen (secondary N) is 1. The minimum atomic E-state index is -4.75. The van der Waals surface area contributed by atoms with E-state index in [-0.39, 0.29) is 12.2 Å². The number of hydrogen-bond acceptors (Lipinski definition) is 4. The molecule has 0 bridgehead atoms. The monoisotopic (exact) mass is 417 g/mol. The second-order valence-electron chi connectivity index (χ2n) is 6.97. The van der Waals surface area contributed by atoms with E-state index in [1.807, 2.05) is 0 Å². The van der Waals surface area contributed by atoms with Crippen molar-refractivity contribution in [3.8, 4) is 11.8 Å². The molecule has 1 unspecified atom stereocenters. The van der Waals surface area contributed by atoms with Crippen LogP contribution >= 0.6 is 0 Å². The number of aromatic nitrogens is 1. The fourth-order valence-corrected chi connectivity index (χ4v) is 3.07. The lowest BCUT2D eigenvalue weighted by molar-refractivity contribution is -0.138. The van der Waals surface area contributed by atoms with Gasteiger partial charge in [-0.05, 0) is 49.4 Å². The van der Waals surface area contributed by atoms with Gasteiger partial charge < -0.3 is 19.7 Å². The van der Waals surface area contributed by atoms with Gasteiger partial charge in [-0.2, -0.15) is 18.4 Å². The van der Waals surface area contributed by atoms with Crippen molar-refractivity contribution in [2.24, 2.45) is 0 Å². The van der Waals surface area contributed by atoms with Crippen molar-refractivity contribution in [1.82, 2.24) is 4.57 Å². The molecule has 0 spiro atoms. The van der Waals surface area contributed by atoms with E-state index in [2.05, 4.69) is 5.32 Å². The standard InChI is InChI=1S/C21H18F3N3O3/c1-20(29,12-27-8-7-13-9-16(30-2)5-6-18(13)27)19(28)26-15-4-3-14(11-25)17(10-15)21(22,23)24/h3-10,29H,12H2,1-2H3,(H,26,28). The van der Waals surface area contributed by atoms with Gasteiger partial charge in [0.25, 0.3) is 5.91 Å². The van der Waals surface area contributed by atoms with Crippen LogP contribution in [-0.4, -0.2) is 28.3 Å². The highest BCUT2D eigenvalue weighted by Crippen LogP contribution is 2.33. The number of fused-ring (bicyclic) bond motifs is 1. The van der Waals surface area contributed by atoms with Crippen LogP contribution in [0.15, 0.2) is 48.7 Å². The van der Waals surface area contributed by atoms with Crippen LogP contribution in [0, 0.1) is 11.3 Å². The number of nitriles is 1. The van der Waals surface area contributed by atoms with E-state index in [1.165, 1.54) is 19.1 Å². The average Bonchev–Trinajstić information content (AvgIpc) is 3.08. The third-order valence-corrected chi connectivity index (χ3v) is 4.65. The van der Waals surface area contributed by atoms with Crippen molar-refractivity contribution < 1.29 is 27.8 Å². The number of benzene rings is 2. The first-order valence-corrected chi connectivity index (χ1v) is 8.83. The zero-order valence-electron chi connectivity index (χ0n) is 16.1. The normalized spacial score (nSPS) is 13.5. The maximum Gasteiger partial charge on any atom is 0.417 e. The lowest BCUT2D eigenvalue weighted by Crippen LogP contribution is -2.43. The predicted octanol–water partition coefficient (Wildman–Crippen LogP) is 3.93. The van der Waals surface area contributed by atoms with Gasteiger partial charge in [-0.1, -0.05) is 0 Å². The number of rotatable bonds is 5. The van der Waals surface area contributed by atoms with Gasteiger partial charge in [0, 0.05) is 22.8 Å². The number of carbonyl (C=O) groups is 1. The van der Waals surface area contributed by atoms with Crippen molar-refractivity contribution in [3.05, 3.63) is 59.8 Å². The average molecular weight is 417 g/mol. The molecule has 9 heteroatoms. The minimum absolute atomic E-state index is 0.128. The SMILES string of the molecule is COc1ccc2c(ccn2CC(C)(O)C(=O)Nc2ccc(C#N)c(C(F)(F)F)c2)c1. The van der Waals surface area contributed by atoms with Crippen LogP contribution in [0.1, 0.15) is 18.1 Å². The number of methoxy groups -OCH3 is 1. The first-order valence-electron chi connectivity index (χ1n) is 8.83. The van der Waals surface area contributed by atoms with E-state index >= 15 is 0 Å². The molecule has 0 fully saturated rings. The predicted molar refractivity (Wildman–Crippen MR) is 104 cm³/mol. The molecule has 1 aromatic heterocycles. The topological polar surface area (TPSA) is 87.3 Å². The van der Waals surface area contributed by atoms with Gasteiger partial charge >= 0.3 is 6.18 Å². The Morgan fingerprint density at radius 2 is 1.97 bits per heavy atom. The highest BCUT2D eigenvalue weighted by molar-refractivity contribution is 5.97. The number of halogens is 3. The maximum absolute atomic E-state index is 13.1.